The summed E-state index contributed by atoms with van der Waals surface area (Å²) in [7, 11) is 0. The Morgan fingerprint density at radius 3 is 2.09 bits per heavy atom. The molecule has 1 spiro atoms. The zero-order valence-corrected chi connectivity index (χ0v) is 23.4. The lowest BCUT2D eigenvalue weighted by Gasteiger charge is -2.48. The van der Waals surface area contributed by atoms with E-state index >= 15 is 0 Å². The monoisotopic (exact) mass is 470 g/mol. The second kappa shape index (κ2) is 11.4. The Labute approximate surface area is 209 Å². The summed E-state index contributed by atoms with van der Waals surface area (Å²) in [5.41, 5.74) is 3.41. The van der Waals surface area contributed by atoms with Crippen LogP contribution in [0.25, 0.3) is 0 Å². The van der Waals surface area contributed by atoms with Crippen molar-refractivity contribution in [2.24, 2.45) is 21.7 Å². The van der Waals surface area contributed by atoms with E-state index in [-0.39, 0.29) is 17.1 Å². The minimum Gasteiger partial charge on any atom is -0.478 e. The number of hydrogen-bond acceptors (Lipinski definition) is 3. The second-order valence-corrected chi connectivity index (χ2v) is 12.3. The van der Waals surface area contributed by atoms with Gasteiger partial charge in [0.2, 0.25) is 0 Å². The van der Waals surface area contributed by atoms with Gasteiger partial charge < -0.3 is 5.11 Å². The number of carboxylic acids is 1. The highest BCUT2D eigenvalue weighted by atomic mass is 16.4. The maximum atomic E-state index is 11.4. The molecule has 0 saturated heterocycles. The molecule has 1 aliphatic carbocycles. The van der Waals surface area contributed by atoms with E-state index in [0.29, 0.717) is 11.0 Å². The van der Waals surface area contributed by atoms with E-state index in [1.54, 1.807) is 12.1 Å². The first-order chi connectivity index (χ1) is 15.8. The molecule has 1 aromatic carbocycles. The molecule has 1 unspecified atom stereocenters. The molecule has 34 heavy (non-hydrogen) atoms. The van der Waals surface area contributed by atoms with Crippen molar-refractivity contribution < 1.29 is 9.90 Å². The first-order valence-corrected chi connectivity index (χ1v) is 13.5. The largest absolute Gasteiger partial charge is 0.478 e. The molecule has 1 heterocycles. The Kier molecular flexibility index (Phi) is 9.55. The zero-order chi connectivity index (χ0) is 25.7. The van der Waals surface area contributed by atoms with Gasteiger partial charge in [-0.2, -0.15) is 0 Å². The van der Waals surface area contributed by atoms with Crippen LogP contribution in [0.5, 0.6) is 0 Å². The van der Waals surface area contributed by atoms with Crippen molar-refractivity contribution in [2.45, 2.75) is 119 Å². The number of aliphatic imine (C=N–C) groups is 1. The molecule has 2 aliphatic rings. The van der Waals surface area contributed by atoms with Crippen LogP contribution in [0.15, 0.2) is 29.3 Å². The van der Waals surface area contributed by atoms with Crippen molar-refractivity contribution in [2.75, 3.05) is 6.54 Å². The van der Waals surface area contributed by atoms with E-state index in [0.717, 1.165) is 44.6 Å². The number of benzene rings is 1. The van der Waals surface area contributed by atoms with E-state index in [9.17, 15) is 9.90 Å². The molecule has 1 aromatic rings. The smallest absolute Gasteiger partial charge is 0.335 e. The molecule has 1 N–H and O–H groups in total. The molecular weight excluding hydrogens is 420 g/mol. The Bertz CT molecular complexity index is 819. The Hall–Kier alpha value is -1.68. The molecule has 1 aliphatic heterocycles. The van der Waals surface area contributed by atoms with E-state index in [2.05, 4.69) is 53.4 Å². The average Bonchev–Trinajstić information content (AvgIpc) is 3.12. The molecular formula is C30H50N2O2. The van der Waals surface area contributed by atoms with Gasteiger partial charge in [0.05, 0.1) is 5.56 Å². The van der Waals surface area contributed by atoms with Gasteiger partial charge in [-0.05, 0) is 79.4 Å². The highest BCUT2D eigenvalue weighted by Gasteiger charge is 2.48. The van der Waals surface area contributed by atoms with Crippen LogP contribution in [-0.2, 0) is 0 Å². The lowest BCUT2D eigenvalue weighted by molar-refractivity contribution is 0.00899. The van der Waals surface area contributed by atoms with Gasteiger partial charge >= 0.3 is 5.97 Å². The molecule has 0 radical (unpaired) electrons. The fraction of sp³-hybridized carbons (Fsp3) is 0.733. The Morgan fingerprint density at radius 2 is 1.65 bits per heavy atom. The lowest BCUT2D eigenvalue weighted by Crippen LogP contribution is -2.49. The van der Waals surface area contributed by atoms with Crippen LogP contribution in [0.2, 0.25) is 0 Å². The summed E-state index contributed by atoms with van der Waals surface area (Å²) in [5.74, 6) is -0.115. The molecule has 0 aromatic heterocycles. The summed E-state index contributed by atoms with van der Waals surface area (Å²) in [6, 6.07) is 7.87. The summed E-state index contributed by atoms with van der Waals surface area (Å²) in [6.45, 7) is 21.2. The molecule has 1 saturated carbocycles. The van der Waals surface area contributed by atoms with E-state index < -0.39 is 5.97 Å². The second-order valence-electron chi connectivity index (χ2n) is 12.3. The number of rotatable bonds is 6. The van der Waals surface area contributed by atoms with Crippen molar-refractivity contribution in [3.63, 3.8) is 0 Å². The summed E-state index contributed by atoms with van der Waals surface area (Å²) in [4.78, 5) is 19.5. The Morgan fingerprint density at radius 1 is 1.09 bits per heavy atom. The maximum absolute atomic E-state index is 11.4. The van der Waals surface area contributed by atoms with Gasteiger partial charge in [-0.1, -0.05) is 74.4 Å². The van der Waals surface area contributed by atoms with Crippen molar-refractivity contribution in [1.29, 1.82) is 0 Å². The molecule has 3 rings (SSSR count). The normalized spacial score (nSPS) is 24.4. The number of aromatic carboxylic acids is 1. The van der Waals surface area contributed by atoms with Crippen LogP contribution < -0.4 is 0 Å². The zero-order valence-electron chi connectivity index (χ0n) is 23.4. The molecule has 4 heteroatoms. The third-order valence-corrected chi connectivity index (χ3v) is 7.76. The third kappa shape index (κ3) is 6.93. The van der Waals surface area contributed by atoms with Crippen molar-refractivity contribution >= 4 is 11.7 Å². The molecule has 4 nitrogen and oxygen atoms in total. The van der Waals surface area contributed by atoms with E-state index in [4.69, 9.17) is 4.99 Å². The summed E-state index contributed by atoms with van der Waals surface area (Å²) in [5, 5.41) is 9.36. The molecule has 192 valence electrons. The van der Waals surface area contributed by atoms with Gasteiger partial charge in [0.25, 0.3) is 0 Å². The number of carbonyl (C=O) groups is 1. The van der Waals surface area contributed by atoms with E-state index in [1.165, 1.54) is 24.1 Å². The van der Waals surface area contributed by atoms with Crippen LogP contribution in [0.3, 0.4) is 0 Å². The first-order valence-electron chi connectivity index (χ1n) is 13.5. The van der Waals surface area contributed by atoms with Gasteiger partial charge in [0.1, 0.15) is 5.66 Å². The standard InChI is InChI=1S/C28H44N2O2.C2H6/c1-8-23-19-30(28(29-23)17-13-22(14-18-28)27(5,6)7)24(15-16-26(2,3)4)20-9-11-21(12-10-20)25(31)32;1-2/h9-12,22,24H,8,13-19H2,1-7H3,(H,31,32);1-2H3. The number of hydrogen-bond donors (Lipinski definition) is 1. The van der Waals surface area contributed by atoms with Crippen molar-refractivity contribution in [3.05, 3.63) is 35.4 Å². The lowest BCUT2D eigenvalue weighted by atomic mass is 9.69. The Balaban J connectivity index is 0.00000199. The summed E-state index contributed by atoms with van der Waals surface area (Å²) in [6.07, 6.45) is 7.89. The topological polar surface area (TPSA) is 52.9 Å². The summed E-state index contributed by atoms with van der Waals surface area (Å²) < 4.78 is 0. The summed E-state index contributed by atoms with van der Waals surface area (Å²) >= 11 is 0. The van der Waals surface area contributed by atoms with E-state index in [1.807, 2.05) is 26.0 Å². The third-order valence-electron chi connectivity index (χ3n) is 7.76. The maximum Gasteiger partial charge on any atom is 0.335 e. The van der Waals surface area contributed by atoms with Gasteiger partial charge in [-0.25, -0.2) is 4.79 Å². The first kappa shape index (κ1) is 28.6. The van der Waals surface area contributed by atoms with Crippen LogP contribution in [0.1, 0.15) is 129 Å². The van der Waals surface area contributed by atoms with Gasteiger partial charge in [-0.3, -0.25) is 9.89 Å². The fourth-order valence-electron chi connectivity index (χ4n) is 5.59. The van der Waals surface area contributed by atoms with Crippen LogP contribution in [0.4, 0.5) is 0 Å². The molecule has 1 fully saturated rings. The van der Waals surface area contributed by atoms with Crippen LogP contribution >= 0.6 is 0 Å². The highest BCUT2D eigenvalue weighted by molar-refractivity contribution is 5.88. The molecule has 0 bridgehead atoms. The van der Waals surface area contributed by atoms with Gasteiger partial charge in [0.15, 0.2) is 0 Å². The SMILES string of the molecule is CC.CCC1=NC2(CCC(C(C)(C)C)CC2)N(C(CCC(C)(C)C)c2ccc(C(=O)O)cc2)C1. The van der Waals surface area contributed by atoms with Crippen molar-refractivity contribution in [3.8, 4) is 0 Å². The number of nitrogens with zero attached hydrogens (tertiary/aromatic N) is 2. The molecule has 0 amide bonds. The predicted octanol–water partition coefficient (Wildman–Crippen LogP) is 8.38. The van der Waals surface area contributed by atoms with Crippen molar-refractivity contribution in [1.82, 2.24) is 4.90 Å². The van der Waals surface area contributed by atoms with Gasteiger partial charge in [-0.15, -0.1) is 0 Å². The average molecular weight is 471 g/mol. The number of carboxylic acid groups (broad SMARTS) is 1. The predicted molar refractivity (Wildman–Crippen MR) is 145 cm³/mol. The van der Waals surface area contributed by atoms with Gasteiger partial charge in [0, 0.05) is 18.3 Å². The van der Waals surface area contributed by atoms with Crippen LogP contribution in [0, 0.1) is 16.7 Å². The van der Waals surface area contributed by atoms with Crippen LogP contribution in [-0.4, -0.2) is 33.9 Å². The minimum atomic E-state index is -0.863. The quantitative estimate of drug-likeness (QED) is 0.454. The minimum absolute atomic E-state index is 0.0961. The molecule has 1 atom stereocenters. The fourth-order valence-corrected chi connectivity index (χ4v) is 5.59. The highest BCUT2D eigenvalue weighted by Crippen LogP contribution is 2.49.